The van der Waals surface area contributed by atoms with Crippen LogP contribution < -0.4 is 10.1 Å². The molecule has 2 aromatic rings. The zero-order valence-electron chi connectivity index (χ0n) is 11.2. The van der Waals surface area contributed by atoms with E-state index in [0.717, 1.165) is 25.2 Å². The van der Waals surface area contributed by atoms with Crippen LogP contribution in [0.4, 0.5) is 4.39 Å². The Hall–Kier alpha value is -1.59. The van der Waals surface area contributed by atoms with Crippen LogP contribution in [0.5, 0.6) is 5.75 Å². The summed E-state index contributed by atoms with van der Waals surface area (Å²) in [5.74, 6) is 0.399. The summed E-state index contributed by atoms with van der Waals surface area (Å²) < 4.78 is 20.4. The molecule has 0 spiro atoms. The molecule has 0 bridgehead atoms. The number of hydrogen-bond acceptors (Lipinski definition) is 3. The first-order valence-electron chi connectivity index (χ1n) is 6.37. The maximum Gasteiger partial charge on any atom is 0.132 e. The topological polar surface area (TPSA) is 39.1 Å². The maximum absolute atomic E-state index is 12.8. The Morgan fingerprint density at radius 2 is 2.10 bits per heavy atom. The van der Waals surface area contributed by atoms with Gasteiger partial charge < -0.3 is 10.1 Å². The number of benzene rings is 1. The lowest BCUT2D eigenvalue weighted by Crippen LogP contribution is -2.24. The third-order valence-corrected chi connectivity index (χ3v) is 3.39. The van der Waals surface area contributed by atoms with Gasteiger partial charge in [-0.2, -0.15) is 5.10 Å². The van der Waals surface area contributed by atoms with Crippen molar-refractivity contribution in [2.24, 2.45) is 7.05 Å². The Morgan fingerprint density at radius 3 is 2.85 bits per heavy atom. The average Bonchev–Trinajstić information content (AvgIpc) is 2.76. The Bertz CT molecular complexity index is 583. The highest BCUT2D eigenvalue weighted by molar-refractivity contribution is 5.85. The fraction of sp³-hybridized carbons (Fsp3) is 0.357. The second kappa shape index (κ2) is 6.24. The third-order valence-electron chi connectivity index (χ3n) is 3.39. The maximum atomic E-state index is 12.8. The number of nitrogens with zero attached hydrogens (tertiary/aromatic N) is 2. The Labute approximate surface area is 123 Å². The van der Waals surface area contributed by atoms with Crippen LogP contribution >= 0.6 is 12.4 Å². The van der Waals surface area contributed by atoms with Crippen molar-refractivity contribution in [3.8, 4) is 5.75 Å². The molecular weight excluding hydrogens is 281 g/mol. The molecule has 3 rings (SSSR count). The van der Waals surface area contributed by atoms with Crippen molar-refractivity contribution in [1.82, 2.24) is 15.1 Å². The molecule has 1 aromatic heterocycles. The molecular formula is C14H17ClFN3O. The van der Waals surface area contributed by atoms with Crippen molar-refractivity contribution in [1.29, 1.82) is 0 Å². The molecule has 1 aliphatic heterocycles. The normalized spacial score (nSPS) is 13.5. The SMILES string of the molecule is Cl.Cn1nc(COc2ccc(F)cc2)c2c1CCNC2. The average molecular weight is 298 g/mol. The van der Waals surface area contributed by atoms with E-state index in [1.807, 2.05) is 11.7 Å². The molecule has 0 fully saturated rings. The van der Waals surface area contributed by atoms with Crippen molar-refractivity contribution in [3.05, 3.63) is 47.0 Å². The van der Waals surface area contributed by atoms with Crippen LogP contribution in [0.3, 0.4) is 0 Å². The highest BCUT2D eigenvalue weighted by Gasteiger charge is 2.19. The highest BCUT2D eigenvalue weighted by Crippen LogP contribution is 2.20. The van der Waals surface area contributed by atoms with E-state index in [4.69, 9.17) is 4.74 Å². The van der Waals surface area contributed by atoms with Crippen LogP contribution in [0.2, 0.25) is 0 Å². The summed E-state index contributed by atoms with van der Waals surface area (Å²) in [4.78, 5) is 0. The minimum Gasteiger partial charge on any atom is -0.487 e. The molecule has 0 saturated carbocycles. The first kappa shape index (κ1) is 14.8. The lowest BCUT2D eigenvalue weighted by atomic mass is 10.1. The van der Waals surface area contributed by atoms with Crippen molar-refractivity contribution >= 4 is 12.4 Å². The second-order valence-electron chi connectivity index (χ2n) is 4.66. The molecule has 2 heterocycles. The van der Waals surface area contributed by atoms with Gasteiger partial charge >= 0.3 is 0 Å². The molecule has 0 radical (unpaired) electrons. The first-order chi connectivity index (χ1) is 9.24. The van der Waals surface area contributed by atoms with E-state index < -0.39 is 0 Å². The third kappa shape index (κ3) is 2.94. The van der Waals surface area contributed by atoms with Crippen molar-refractivity contribution < 1.29 is 9.13 Å². The summed E-state index contributed by atoms with van der Waals surface area (Å²) in [5, 5.41) is 7.84. The van der Waals surface area contributed by atoms with E-state index in [-0.39, 0.29) is 18.2 Å². The van der Waals surface area contributed by atoms with Gasteiger partial charge in [-0.15, -0.1) is 12.4 Å². The van der Waals surface area contributed by atoms with Gasteiger partial charge in [-0.3, -0.25) is 4.68 Å². The van der Waals surface area contributed by atoms with Crippen molar-refractivity contribution in [2.75, 3.05) is 6.54 Å². The summed E-state index contributed by atoms with van der Waals surface area (Å²) in [6.45, 7) is 2.24. The Morgan fingerprint density at radius 1 is 1.35 bits per heavy atom. The number of fused-ring (bicyclic) bond motifs is 1. The molecule has 20 heavy (non-hydrogen) atoms. The molecule has 0 saturated heterocycles. The number of rotatable bonds is 3. The van der Waals surface area contributed by atoms with Crippen LogP contribution in [-0.2, 0) is 26.6 Å². The van der Waals surface area contributed by atoms with E-state index in [1.54, 1.807) is 12.1 Å². The molecule has 108 valence electrons. The van der Waals surface area contributed by atoms with Crippen LogP contribution in [0.15, 0.2) is 24.3 Å². The zero-order valence-corrected chi connectivity index (χ0v) is 12.0. The van der Waals surface area contributed by atoms with Crippen molar-refractivity contribution in [2.45, 2.75) is 19.6 Å². The van der Waals surface area contributed by atoms with Gasteiger partial charge in [0, 0.05) is 37.8 Å². The summed E-state index contributed by atoms with van der Waals surface area (Å²) in [6, 6.07) is 6.04. The molecule has 1 N–H and O–H groups in total. The predicted octanol–water partition coefficient (Wildman–Crippen LogP) is 2.21. The first-order valence-corrected chi connectivity index (χ1v) is 6.37. The number of ether oxygens (including phenoxy) is 1. The van der Waals surface area contributed by atoms with Gasteiger partial charge in [0.1, 0.15) is 23.9 Å². The number of aryl methyl sites for hydroxylation is 1. The fourth-order valence-electron chi connectivity index (χ4n) is 2.40. The largest absolute Gasteiger partial charge is 0.487 e. The van der Waals surface area contributed by atoms with Crippen LogP contribution in [0.25, 0.3) is 0 Å². The Kier molecular flexibility index (Phi) is 4.62. The number of aromatic nitrogens is 2. The molecule has 0 atom stereocenters. The van der Waals surface area contributed by atoms with Gasteiger partial charge in [0.25, 0.3) is 0 Å². The van der Waals surface area contributed by atoms with Gasteiger partial charge in [-0.25, -0.2) is 4.39 Å². The minimum atomic E-state index is -0.258. The summed E-state index contributed by atoms with van der Waals surface area (Å²) in [7, 11) is 1.96. The fourth-order valence-corrected chi connectivity index (χ4v) is 2.40. The van der Waals surface area contributed by atoms with Gasteiger partial charge in [-0.1, -0.05) is 0 Å². The molecule has 6 heteroatoms. The van der Waals surface area contributed by atoms with Gasteiger partial charge in [0.15, 0.2) is 0 Å². The quantitative estimate of drug-likeness (QED) is 0.944. The lowest BCUT2D eigenvalue weighted by molar-refractivity contribution is 0.298. The molecule has 0 unspecified atom stereocenters. The number of hydrogen-bond donors (Lipinski definition) is 1. The lowest BCUT2D eigenvalue weighted by Gasteiger charge is -2.14. The van der Waals surface area contributed by atoms with E-state index >= 15 is 0 Å². The highest BCUT2D eigenvalue weighted by atomic mass is 35.5. The summed E-state index contributed by atoms with van der Waals surface area (Å²) in [5.41, 5.74) is 3.46. The molecule has 0 amide bonds. The number of halogens is 2. The smallest absolute Gasteiger partial charge is 0.132 e. The molecule has 1 aliphatic rings. The molecule has 1 aromatic carbocycles. The number of nitrogens with one attached hydrogen (secondary N) is 1. The van der Waals surface area contributed by atoms with Gasteiger partial charge in [0.2, 0.25) is 0 Å². The van der Waals surface area contributed by atoms with E-state index in [0.29, 0.717) is 12.4 Å². The summed E-state index contributed by atoms with van der Waals surface area (Å²) in [6.07, 6.45) is 0.995. The van der Waals surface area contributed by atoms with Gasteiger partial charge in [-0.05, 0) is 24.3 Å². The van der Waals surface area contributed by atoms with Crippen LogP contribution in [0.1, 0.15) is 17.0 Å². The van der Waals surface area contributed by atoms with Crippen molar-refractivity contribution in [3.63, 3.8) is 0 Å². The monoisotopic (exact) mass is 297 g/mol. The van der Waals surface area contributed by atoms with Gasteiger partial charge in [0.05, 0.1) is 0 Å². The summed E-state index contributed by atoms with van der Waals surface area (Å²) >= 11 is 0. The molecule has 0 aliphatic carbocycles. The standard InChI is InChI=1S/C14H16FN3O.ClH/c1-18-14-6-7-16-8-12(14)13(17-18)9-19-11-4-2-10(15)3-5-11;/h2-5,16H,6-9H2,1H3;1H. The predicted molar refractivity (Wildman–Crippen MR) is 76.6 cm³/mol. The van der Waals surface area contributed by atoms with E-state index in [9.17, 15) is 4.39 Å². The zero-order chi connectivity index (χ0) is 13.2. The van der Waals surface area contributed by atoms with E-state index in [2.05, 4.69) is 10.4 Å². The van der Waals surface area contributed by atoms with E-state index in [1.165, 1.54) is 23.4 Å². The second-order valence-corrected chi connectivity index (χ2v) is 4.66. The van der Waals surface area contributed by atoms with Crippen LogP contribution in [-0.4, -0.2) is 16.3 Å². The molecule has 4 nitrogen and oxygen atoms in total. The Balaban J connectivity index is 0.00000147. The minimum absolute atomic E-state index is 0. The van der Waals surface area contributed by atoms with Crippen LogP contribution in [0, 0.1) is 5.82 Å².